The molecule has 0 aromatic heterocycles. The van der Waals surface area contributed by atoms with Crippen molar-refractivity contribution in [3.05, 3.63) is 0 Å². The highest BCUT2D eigenvalue weighted by atomic mass is 16.5. The zero-order valence-electron chi connectivity index (χ0n) is 10.5. The van der Waals surface area contributed by atoms with Crippen LogP contribution in [0, 0.1) is 35.5 Å². The van der Waals surface area contributed by atoms with E-state index in [1.807, 2.05) is 14.2 Å². The molecule has 16 heavy (non-hydrogen) atoms. The van der Waals surface area contributed by atoms with Gasteiger partial charge in [0.05, 0.1) is 0 Å². The number of fused-ring (bicyclic) bond motifs is 5. The molecule has 0 aliphatic heterocycles. The van der Waals surface area contributed by atoms with Crippen molar-refractivity contribution in [1.29, 1.82) is 0 Å². The lowest BCUT2D eigenvalue weighted by Crippen LogP contribution is -2.31. The van der Waals surface area contributed by atoms with Crippen LogP contribution in [0.15, 0.2) is 0 Å². The highest BCUT2D eigenvalue weighted by Gasteiger charge is 2.56. The van der Waals surface area contributed by atoms with Crippen LogP contribution in [0.3, 0.4) is 0 Å². The molecule has 2 bridgehead atoms. The second kappa shape index (κ2) is 4.30. The summed E-state index contributed by atoms with van der Waals surface area (Å²) in [6, 6.07) is 0. The van der Waals surface area contributed by atoms with Gasteiger partial charge in [0, 0.05) is 27.4 Å². The molecular formula is C14H24O2. The maximum Gasteiger partial charge on any atom is 0.0493 e. The van der Waals surface area contributed by atoms with Gasteiger partial charge in [0.25, 0.3) is 0 Å². The van der Waals surface area contributed by atoms with Crippen molar-refractivity contribution in [2.45, 2.75) is 25.7 Å². The fraction of sp³-hybridized carbons (Fsp3) is 1.00. The van der Waals surface area contributed by atoms with E-state index in [1.165, 1.54) is 25.7 Å². The van der Waals surface area contributed by atoms with Gasteiger partial charge in [-0.15, -0.1) is 0 Å². The Morgan fingerprint density at radius 2 is 1.62 bits per heavy atom. The summed E-state index contributed by atoms with van der Waals surface area (Å²) in [4.78, 5) is 0. The van der Waals surface area contributed by atoms with Crippen LogP contribution in [0.5, 0.6) is 0 Å². The fourth-order valence-electron chi connectivity index (χ4n) is 5.20. The Morgan fingerprint density at radius 3 is 2.38 bits per heavy atom. The van der Waals surface area contributed by atoms with Gasteiger partial charge < -0.3 is 9.47 Å². The summed E-state index contributed by atoms with van der Waals surface area (Å²) in [5.41, 5.74) is 0. The largest absolute Gasteiger partial charge is 0.384 e. The van der Waals surface area contributed by atoms with E-state index < -0.39 is 0 Å². The molecule has 6 unspecified atom stereocenters. The molecule has 0 N–H and O–H groups in total. The minimum atomic E-state index is 0.852. The summed E-state index contributed by atoms with van der Waals surface area (Å²) in [5.74, 6) is 5.70. The SMILES string of the molecule is COCC1CC2CC1C1C(COC)CCC21. The Bertz CT molecular complexity index is 253. The van der Waals surface area contributed by atoms with E-state index in [4.69, 9.17) is 9.47 Å². The van der Waals surface area contributed by atoms with Crippen molar-refractivity contribution in [3.8, 4) is 0 Å². The summed E-state index contributed by atoms with van der Waals surface area (Å²) in [7, 11) is 3.71. The van der Waals surface area contributed by atoms with Crippen LogP contribution in [0.2, 0.25) is 0 Å². The third kappa shape index (κ3) is 1.53. The number of hydrogen-bond acceptors (Lipinski definition) is 2. The standard InChI is InChI=1S/C14H24O2/c1-15-7-9-3-4-12-10-5-11(8-16-2)13(6-10)14(9)12/h9-14H,3-8H2,1-2H3. The summed E-state index contributed by atoms with van der Waals surface area (Å²) in [5, 5.41) is 0. The maximum atomic E-state index is 5.41. The Labute approximate surface area is 98.7 Å². The van der Waals surface area contributed by atoms with E-state index >= 15 is 0 Å². The zero-order valence-corrected chi connectivity index (χ0v) is 10.5. The zero-order chi connectivity index (χ0) is 11.1. The first-order chi connectivity index (χ1) is 7.85. The van der Waals surface area contributed by atoms with E-state index in [2.05, 4.69) is 0 Å². The topological polar surface area (TPSA) is 18.5 Å². The van der Waals surface area contributed by atoms with Crippen molar-refractivity contribution < 1.29 is 9.47 Å². The molecule has 0 aromatic carbocycles. The quantitative estimate of drug-likeness (QED) is 0.730. The number of ether oxygens (including phenoxy) is 2. The molecule has 0 saturated heterocycles. The number of rotatable bonds is 4. The van der Waals surface area contributed by atoms with Crippen LogP contribution in [-0.4, -0.2) is 27.4 Å². The van der Waals surface area contributed by atoms with E-state index in [0.717, 1.165) is 48.7 Å². The first kappa shape index (κ1) is 11.0. The third-order valence-electron chi connectivity index (χ3n) is 5.56. The Hall–Kier alpha value is -0.0800. The van der Waals surface area contributed by atoms with Gasteiger partial charge in [0.15, 0.2) is 0 Å². The van der Waals surface area contributed by atoms with Crippen LogP contribution >= 0.6 is 0 Å². The molecule has 0 amide bonds. The van der Waals surface area contributed by atoms with Crippen LogP contribution in [-0.2, 0) is 9.47 Å². The predicted octanol–water partition coefficient (Wildman–Crippen LogP) is 2.58. The first-order valence-corrected chi connectivity index (χ1v) is 6.83. The highest BCUT2D eigenvalue weighted by molar-refractivity contribution is 5.05. The van der Waals surface area contributed by atoms with Gasteiger partial charge in [0.2, 0.25) is 0 Å². The minimum Gasteiger partial charge on any atom is -0.384 e. The lowest BCUT2D eigenvalue weighted by Gasteiger charge is -2.34. The number of hydrogen-bond donors (Lipinski definition) is 0. The predicted molar refractivity (Wildman–Crippen MR) is 63.2 cm³/mol. The minimum absolute atomic E-state index is 0.852. The van der Waals surface area contributed by atoms with Crippen molar-refractivity contribution in [2.24, 2.45) is 35.5 Å². The Kier molecular flexibility index (Phi) is 2.97. The van der Waals surface area contributed by atoms with Crippen molar-refractivity contribution >= 4 is 0 Å². The molecule has 2 heteroatoms. The molecule has 2 nitrogen and oxygen atoms in total. The van der Waals surface area contributed by atoms with E-state index in [1.54, 1.807) is 0 Å². The van der Waals surface area contributed by atoms with E-state index in [9.17, 15) is 0 Å². The molecule has 3 aliphatic rings. The van der Waals surface area contributed by atoms with Crippen LogP contribution in [0.25, 0.3) is 0 Å². The van der Waals surface area contributed by atoms with Gasteiger partial charge >= 0.3 is 0 Å². The third-order valence-corrected chi connectivity index (χ3v) is 5.56. The van der Waals surface area contributed by atoms with Gasteiger partial charge in [-0.1, -0.05) is 0 Å². The molecular weight excluding hydrogens is 200 g/mol. The second-order valence-corrected chi connectivity index (χ2v) is 6.14. The molecule has 0 radical (unpaired) electrons. The summed E-state index contributed by atoms with van der Waals surface area (Å²) in [6.07, 6.45) is 5.82. The smallest absolute Gasteiger partial charge is 0.0493 e. The molecule has 0 heterocycles. The number of methoxy groups -OCH3 is 2. The maximum absolute atomic E-state index is 5.41. The van der Waals surface area contributed by atoms with Gasteiger partial charge in [-0.05, 0) is 61.2 Å². The van der Waals surface area contributed by atoms with E-state index in [0.29, 0.717) is 0 Å². The Morgan fingerprint density at radius 1 is 0.875 bits per heavy atom. The van der Waals surface area contributed by atoms with Gasteiger partial charge in [-0.25, -0.2) is 0 Å². The van der Waals surface area contributed by atoms with E-state index in [-0.39, 0.29) is 0 Å². The molecule has 92 valence electrons. The first-order valence-electron chi connectivity index (χ1n) is 6.83. The lowest BCUT2D eigenvalue weighted by molar-refractivity contribution is 0.0512. The average molecular weight is 224 g/mol. The van der Waals surface area contributed by atoms with Crippen LogP contribution in [0.1, 0.15) is 25.7 Å². The van der Waals surface area contributed by atoms with Crippen molar-refractivity contribution in [1.82, 2.24) is 0 Å². The Balaban J connectivity index is 1.72. The highest BCUT2D eigenvalue weighted by Crippen LogP contribution is 2.62. The van der Waals surface area contributed by atoms with Crippen LogP contribution in [0.4, 0.5) is 0 Å². The molecule has 0 aromatic rings. The summed E-state index contributed by atoms with van der Waals surface area (Å²) in [6.45, 7) is 1.98. The molecule has 0 spiro atoms. The second-order valence-electron chi connectivity index (χ2n) is 6.14. The van der Waals surface area contributed by atoms with Crippen molar-refractivity contribution in [3.63, 3.8) is 0 Å². The molecule has 6 atom stereocenters. The van der Waals surface area contributed by atoms with Crippen LogP contribution < -0.4 is 0 Å². The van der Waals surface area contributed by atoms with Gasteiger partial charge in [-0.3, -0.25) is 0 Å². The molecule has 3 saturated carbocycles. The fourth-order valence-corrected chi connectivity index (χ4v) is 5.20. The monoisotopic (exact) mass is 224 g/mol. The summed E-state index contributed by atoms with van der Waals surface area (Å²) >= 11 is 0. The van der Waals surface area contributed by atoms with Crippen molar-refractivity contribution in [2.75, 3.05) is 27.4 Å². The molecule has 3 fully saturated rings. The normalized spacial score (nSPS) is 49.9. The molecule has 3 aliphatic carbocycles. The average Bonchev–Trinajstić information content (AvgIpc) is 2.91. The van der Waals surface area contributed by atoms with Gasteiger partial charge in [-0.2, -0.15) is 0 Å². The summed E-state index contributed by atoms with van der Waals surface area (Å²) < 4.78 is 10.8. The lowest BCUT2D eigenvalue weighted by atomic mass is 9.73. The van der Waals surface area contributed by atoms with Gasteiger partial charge in [0.1, 0.15) is 0 Å². The molecule has 3 rings (SSSR count).